The van der Waals surface area contributed by atoms with Crippen LogP contribution in [0.15, 0.2) is 24.5 Å². The van der Waals surface area contributed by atoms with Crippen molar-refractivity contribution in [1.82, 2.24) is 14.7 Å². The lowest BCUT2D eigenvalue weighted by atomic mass is 10.1. The van der Waals surface area contributed by atoms with Crippen molar-refractivity contribution < 1.29 is 0 Å². The van der Waals surface area contributed by atoms with Gasteiger partial charge >= 0.3 is 0 Å². The summed E-state index contributed by atoms with van der Waals surface area (Å²) in [5.74, 6) is 0. The van der Waals surface area contributed by atoms with Gasteiger partial charge in [-0.1, -0.05) is 6.07 Å². The fourth-order valence-corrected chi connectivity index (χ4v) is 1.69. The standard InChI is InChI=1S/C13H19N3/c1-10-6-5-7-16-11(8-14-12(10)16)9-15-13(2,3)4/h5-8,15H,9H2,1-4H3. The molecular weight excluding hydrogens is 198 g/mol. The minimum absolute atomic E-state index is 0.133. The quantitative estimate of drug-likeness (QED) is 0.837. The van der Waals surface area contributed by atoms with Crippen molar-refractivity contribution in [1.29, 1.82) is 0 Å². The molecule has 0 aliphatic heterocycles. The van der Waals surface area contributed by atoms with Gasteiger partial charge in [-0.2, -0.15) is 0 Å². The Balaban J connectivity index is 2.29. The molecule has 86 valence electrons. The monoisotopic (exact) mass is 217 g/mol. The summed E-state index contributed by atoms with van der Waals surface area (Å²) in [6.07, 6.45) is 4.01. The van der Waals surface area contributed by atoms with Gasteiger partial charge in [0.05, 0.1) is 11.9 Å². The number of pyridine rings is 1. The zero-order valence-electron chi connectivity index (χ0n) is 10.4. The van der Waals surface area contributed by atoms with E-state index >= 15 is 0 Å². The SMILES string of the molecule is Cc1cccn2c(CNC(C)(C)C)cnc12. The molecule has 0 fully saturated rings. The lowest BCUT2D eigenvalue weighted by Crippen LogP contribution is -2.35. The predicted molar refractivity (Wildman–Crippen MR) is 66.5 cm³/mol. The Morgan fingerprint density at radius 1 is 1.38 bits per heavy atom. The van der Waals surface area contributed by atoms with Crippen LogP contribution in [0.4, 0.5) is 0 Å². The van der Waals surface area contributed by atoms with Crippen LogP contribution in [0, 0.1) is 6.92 Å². The molecule has 3 nitrogen and oxygen atoms in total. The molecular formula is C13H19N3. The minimum atomic E-state index is 0.133. The molecule has 16 heavy (non-hydrogen) atoms. The third kappa shape index (κ3) is 2.25. The second-order valence-electron chi connectivity index (χ2n) is 5.24. The van der Waals surface area contributed by atoms with Gasteiger partial charge in [0.2, 0.25) is 0 Å². The minimum Gasteiger partial charge on any atom is -0.306 e. The average molecular weight is 217 g/mol. The first-order chi connectivity index (χ1) is 7.47. The molecule has 2 heterocycles. The van der Waals surface area contributed by atoms with Gasteiger partial charge in [0.25, 0.3) is 0 Å². The van der Waals surface area contributed by atoms with Crippen LogP contribution in [0.5, 0.6) is 0 Å². The van der Waals surface area contributed by atoms with E-state index in [4.69, 9.17) is 0 Å². The fourth-order valence-electron chi connectivity index (χ4n) is 1.69. The third-order valence-corrected chi connectivity index (χ3v) is 2.61. The molecule has 0 aromatic carbocycles. The molecule has 0 bridgehead atoms. The molecule has 0 aliphatic rings. The van der Waals surface area contributed by atoms with Gasteiger partial charge < -0.3 is 9.72 Å². The second kappa shape index (κ2) is 3.91. The molecule has 0 spiro atoms. The van der Waals surface area contributed by atoms with Crippen LogP contribution in [-0.4, -0.2) is 14.9 Å². The number of rotatable bonds is 2. The first-order valence-electron chi connectivity index (χ1n) is 5.64. The van der Waals surface area contributed by atoms with E-state index in [1.807, 2.05) is 6.20 Å². The molecule has 0 saturated heterocycles. The molecule has 1 N–H and O–H groups in total. The van der Waals surface area contributed by atoms with Crippen LogP contribution < -0.4 is 5.32 Å². The van der Waals surface area contributed by atoms with Gasteiger partial charge in [0.15, 0.2) is 0 Å². The van der Waals surface area contributed by atoms with Gasteiger partial charge in [-0.25, -0.2) is 4.98 Å². The first-order valence-corrected chi connectivity index (χ1v) is 5.64. The van der Waals surface area contributed by atoms with Crippen molar-refractivity contribution in [2.45, 2.75) is 39.8 Å². The van der Waals surface area contributed by atoms with Crippen LogP contribution in [-0.2, 0) is 6.54 Å². The van der Waals surface area contributed by atoms with E-state index in [1.165, 1.54) is 11.3 Å². The molecule has 2 rings (SSSR count). The van der Waals surface area contributed by atoms with E-state index < -0.39 is 0 Å². The molecule has 0 unspecified atom stereocenters. The number of aromatic nitrogens is 2. The van der Waals surface area contributed by atoms with Crippen LogP contribution in [0.3, 0.4) is 0 Å². The molecule has 3 heteroatoms. The van der Waals surface area contributed by atoms with Gasteiger partial charge in [-0.3, -0.25) is 0 Å². The fraction of sp³-hybridized carbons (Fsp3) is 0.462. The lowest BCUT2D eigenvalue weighted by Gasteiger charge is -2.20. The summed E-state index contributed by atoms with van der Waals surface area (Å²) in [6.45, 7) is 9.43. The highest BCUT2D eigenvalue weighted by atomic mass is 15.0. The second-order valence-corrected chi connectivity index (χ2v) is 5.24. The highest BCUT2D eigenvalue weighted by Crippen LogP contribution is 2.11. The summed E-state index contributed by atoms with van der Waals surface area (Å²) in [7, 11) is 0. The lowest BCUT2D eigenvalue weighted by molar-refractivity contribution is 0.420. The summed E-state index contributed by atoms with van der Waals surface area (Å²) < 4.78 is 2.15. The van der Waals surface area contributed by atoms with Crippen LogP contribution in [0.2, 0.25) is 0 Å². The molecule has 2 aromatic rings. The molecule has 2 aromatic heterocycles. The maximum atomic E-state index is 4.44. The number of hydrogen-bond donors (Lipinski definition) is 1. The summed E-state index contributed by atoms with van der Waals surface area (Å²) in [4.78, 5) is 4.44. The van der Waals surface area contributed by atoms with E-state index in [9.17, 15) is 0 Å². The average Bonchev–Trinajstić information content (AvgIpc) is 2.58. The Kier molecular flexibility index (Phi) is 2.72. The first kappa shape index (κ1) is 11.1. The number of imidazole rings is 1. The maximum absolute atomic E-state index is 4.44. The van der Waals surface area contributed by atoms with E-state index in [0.717, 1.165) is 12.2 Å². The number of aryl methyl sites for hydroxylation is 1. The van der Waals surface area contributed by atoms with E-state index in [-0.39, 0.29) is 5.54 Å². The largest absolute Gasteiger partial charge is 0.306 e. The Bertz CT molecular complexity index is 491. The Labute approximate surface area is 96.5 Å². The normalized spacial score (nSPS) is 12.2. The number of nitrogens with one attached hydrogen (secondary N) is 1. The van der Waals surface area contributed by atoms with E-state index in [2.05, 4.69) is 60.7 Å². The Hall–Kier alpha value is -1.35. The molecule has 0 amide bonds. The van der Waals surface area contributed by atoms with Gasteiger partial charge in [0, 0.05) is 18.3 Å². The number of nitrogens with zero attached hydrogens (tertiary/aromatic N) is 2. The zero-order valence-corrected chi connectivity index (χ0v) is 10.4. The van der Waals surface area contributed by atoms with Crippen molar-refractivity contribution in [3.05, 3.63) is 35.8 Å². The van der Waals surface area contributed by atoms with Crippen molar-refractivity contribution in [3.63, 3.8) is 0 Å². The van der Waals surface area contributed by atoms with Crippen molar-refractivity contribution in [3.8, 4) is 0 Å². The maximum Gasteiger partial charge on any atom is 0.139 e. The molecule has 0 atom stereocenters. The summed E-state index contributed by atoms with van der Waals surface area (Å²) in [5, 5.41) is 3.48. The highest BCUT2D eigenvalue weighted by Gasteiger charge is 2.10. The Morgan fingerprint density at radius 2 is 2.12 bits per heavy atom. The van der Waals surface area contributed by atoms with Crippen LogP contribution in [0.25, 0.3) is 5.65 Å². The van der Waals surface area contributed by atoms with Crippen molar-refractivity contribution >= 4 is 5.65 Å². The van der Waals surface area contributed by atoms with Crippen LogP contribution in [0.1, 0.15) is 32.0 Å². The highest BCUT2D eigenvalue weighted by molar-refractivity contribution is 5.48. The van der Waals surface area contributed by atoms with Gasteiger partial charge in [-0.15, -0.1) is 0 Å². The van der Waals surface area contributed by atoms with Crippen molar-refractivity contribution in [2.75, 3.05) is 0 Å². The van der Waals surface area contributed by atoms with Crippen molar-refractivity contribution in [2.24, 2.45) is 0 Å². The predicted octanol–water partition coefficient (Wildman–Crippen LogP) is 2.53. The zero-order chi connectivity index (χ0) is 11.8. The summed E-state index contributed by atoms with van der Waals surface area (Å²) >= 11 is 0. The molecule has 0 aliphatic carbocycles. The molecule has 0 radical (unpaired) electrons. The third-order valence-electron chi connectivity index (χ3n) is 2.61. The van der Waals surface area contributed by atoms with E-state index in [1.54, 1.807) is 0 Å². The summed E-state index contributed by atoms with van der Waals surface area (Å²) in [6, 6.07) is 4.15. The number of hydrogen-bond acceptors (Lipinski definition) is 2. The van der Waals surface area contributed by atoms with Crippen LogP contribution >= 0.6 is 0 Å². The molecule has 0 saturated carbocycles. The Morgan fingerprint density at radius 3 is 2.81 bits per heavy atom. The topological polar surface area (TPSA) is 29.3 Å². The van der Waals surface area contributed by atoms with E-state index in [0.29, 0.717) is 0 Å². The van der Waals surface area contributed by atoms with Gasteiger partial charge in [-0.05, 0) is 39.3 Å². The summed E-state index contributed by atoms with van der Waals surface area (Å²) in [5.41, 5.74) is 3.60. The number of fused-ring (bicyclic) bond motifs is 1. The van der Waals surface area contributed by atoms with Gasteiger partial charge in [0.1, 0.15) is 5.65 Å². The smallest absolute Gasteiger partial charge is 0.139 e.